The molecule has 2 aromatic rings. The summed E-state index contributed by atoms with van der Waals surface area (Å²) in [5, 5.41) is 4.22. The van der Waals surface area contributed by atoms with Crippen molar-refractivity contribution in [3.05, 3.63) is 36.4 Å². The molecule has 0 N–H and O–H groups in total. The third kappa shape index (κ3) is 3.49. The summed E-state index contributed by atoms with van der Waals surface area (Å²) < 4.78 is 7.30. The molecule has 5 heteroatoms. The first-order chi connectivity index (χ1) is 10.2. The van der Waals surface area contributed by atoms with Crippen LogP contribution in [0.15, 0.2) is 30.9 Å². The lowest BCUT2D eigenvalue weighted by Crippen LogP contribution is -2.38. The summed E-state index contributed by atoms with van der Waals surface area (Å²) in [6.07, 6.45) is 10.5. The van der Waals surface area contributed by atoms with Crippen LogP contribution in [0.5, 0.6) is 0 Å². The molecule has 5 nitrogen and oxygen atoms in total. The van der Waals surface area contributed by atoms with Crippen molar-refractivity contribution < 1.29 is 4.74 Å². The smallest absolute Gasteiger partial charge is 0.0698 e. The minimum absolute atomic E-state index is 0.369. The zero-order valence-electron chi connectivity index (χ0n) is 12.7. The quantitative estimate of drug-likeness (QED) is 0.863. The maximum atomic E-state index is 5.49. The maximum Gasteiger partial charge on any atom is 0.0698 e. The van der Waals surface area contributed by atoms with E-state index in [1.807, 2.05) is 36.5 Å². The largest absolute Gasteiger partial charge is 0.380 e. The zero-order valence-corrected chi connectivity index (χ0v) is 12.7. The Balaban J connectivity index is 1.71. The van der Waals surface area contributed by atoms with Crippen molar-refractivity contribution in [2.24, 2.45) is 7.05 Å². The molecule has 0 spiro atoms. The molecule has 0 amide bonds. The number of methoxy groups -OCH3 is 1. The first-order valence-electron chi connectivity index (χ1n) is 7.42. The molecular formula is C16H22N4O. The van der Waals surface area contributed by atoms with Crippen LogP contribution in [0.1, 0.15) is 18.4 Å². The highest BCUT2D eigenvalue weighted by Gasteiger charge is 2.19. The van der Waals surface area contributed by atoms with Gasteiger partial charge in [-0.25, -0.2) is 0 Å². The van der Waals surface area contributed by atoms with Crippen LogP contribution < -0.4 is 0 Å². The third-order valence-corrected chi connectivity index (χ3v) is 4.03. The molecular weight excluding hydrogens is 264 g/mol. The average molecular weight is 286 g/mol. The number of aryl methyl sites for hydroxylation is 1. The summed E-state index contributed by atoms with van der Waals surface area (Å²) in [5.74, 6) is 0. The SMILES string of the molecule is COC1CCCN(Cc2cncc(-c3cnn(C)c3)c2)C1. The van der Waals surface area contributed by atoms with Gasteiger partial charge in [0, 0.05) is 57.0 Å². The Morgan fingerprint density at radius 1 is 1.29 bits per heavy atom. The van der Waals surface area contributed by atoms with Crippen LogP contribution in [0.2, 0.25) is 0 Å². The van der Waals surface area contributed by atoms with Crippen LogP contribution in [0, 0.1) is 0 Å². The van der Waals surface area contributed by atoms with Crippen LogP contribution in [0.25, 0.3) is 11.1 Å². The number of nitrogens with zero attached hydrogens (tertiary/aromatic N) is 4. The summed E-state index contributed by atoms with van der Waals surface area (Å²) in [5.41, 5.74) is 3.48. The molecule has 3 heterocycles. The van der Waals surface area contributed by atoms with Crippen molar-refractivity contribution in [3.8, 4) is 11.1 Å². The zero-order chi connectivity index (χ0) is 14.7. The molecule has 112 valence electrons. The van der Waals surface area contributed by atoms with Crippen LogP contribution in [-0.4, -0.2) is 46.0 Å². The van der Waals surface area contributed by atoms with Gasteiger partial charge in [-0.3, -0.25) is 14.6 Å². The molecule has 0 aliphatic carbocycles. The van der Waals surface area contributed by atoms with E-state index in [1.54, 1.807) is 7.11 Å². The van der Waals surface area contributed by atoms with Gasteiger partial charge in [-0.05, 0) is 31.0 Å². The first-order valence-corrected chi connectivity index (χ1v) is 7.42. The highest BCUT2D eigenvalue weighted by molar-refractivity contribution is 5.61. The summed E-state index contributed by atoms with van der Waals surface area (Å²) >= 11 is 0. The van der Waals surface area contributed by atoms with E-state index in [2.05, 4.69) is 21.0 Å². The molecule has 2 aromatic heterocycles. The van der Waals surface area contributed by atoms with Gasteiger partial charge in [0.1, 0.15) is 0 Å². The Morgan fingerprint density at radius 3 is 2.95 bits per heavy atom. The van der Waals surface area contributed by atoms with E-state index in [-0.39, 0.29) is 0 Å². The Hall–Kier alpha value is -1.72. The highest BCUT2D eigenvalue weighted by Crippen LogP contribution is 2.20. The van der Waals surface area contributed by atoms with Crippen molar-refractivity contribution in [1.82, 2.24) is 19.7 Å². The van der Waals surface area contributed by atoms with Crippen LogP contribution >= 0.6 is 0 Å². The van der Waals surface area contributed by atoms with Gasteiger partial charge in [-0.1, -0.05) is 0 Å². The highest BCUT2D eigenvalue weighted by atomic mass is 16.5. The van der Waals surface area contributed by atoms with E-state index in [4.69, 9.17) is 4.74 Å². The maximum absolute atomic E-state index is 5.49. The lowest BCUT2D eigenvalue weighted by molar-refractivity contribution is 0.0285. The van der Waals surface area contributed by atoms with Crippen molar-refractivity contribution in [3.63, 3.8) is 0 Å². The third-order valence-electron chi connectivity index (χ3n) is 4.03. The number of hydrogen-bond acceptors (Lipinski definition) is 4. The van der Waals surface area contributed by atoms with Crippen molar-refractivity contribution >= 4 is 0 Å². The minimum Gasteiger partial charge on any atom is -0.380 e. The van der Waals surface area contributed by atoms with Gasteiger partial charge >= 0.3 is 0 Å². The number of likely N-dealkylation sites (tertiary alicyclic amines) is 1. The van der Waals surface area contributed by atoms with Crippen molar-refractivity contribution in [1.29, 1.82) is 0 Å². The van der Waals surface area contributed by atoms with Gasteiger partial charge in [-0.15, -0.1) is 0 Å². The molecule has 1 unspecified atom stereocenters. The predicted molar refractivity (Wildman–Crippen MR) is 81.7 cm³/mol. The molecule has 0 aromatic carbocycles. The first kappa shape index (κ1) is 14.2. The second-order valence-electron chi connectivity index (χ2n) is 5.72. The molecule has 1 aliphatic rings. The molecule has 1 aliphatic heterocycles. The van der Waals surface area contributed by atoms with Gasteiger partial charge in [-0.2, -0.15) is 5.10 Å². The lowest BCUT2D eigenvalue weighted by atomic mass is 10.1. The molecule has 0 bridgehead atoms. The van der Waals surface area contributed by atoms with Crippen LogP contribution in [0.3, 0.4) is 0 Å². The average Bonchev–Trinajstić information content (AvgIpc) is 2.94. The normalized spacial score (nSPS) is 19.8. The Labute approximate surface area is 125 Å². The van der Waals surface area contributed by atoms with Gasteiger partial charge in [0.2, 0.25) is 0 Å². The number of hydrogen-bond donors (Lipinski definition) is 0. The Kier molecular flexibility index (Phi) is 4.31. The van der Waals surface area contributed by atoms with Gasteiger partial charge < -0.3 is 4.74 Å². The second kappa shape index (κ2) is 6.37. The fourth-order valence-electron chi connectivity index (χ4n) is 2.91. The molecule has 1 fully saturated rings. The fourth-order valence-corrected chi connectivity index (χ4v) is 2.91. The molecule has 1 atom stereocenters. The molecule has 21 heavy (non-hydrogen) atoms. The second-order valence-corrected chi connectivity index (χ2v) is 5.72. The lowest BCUT2D eigenvalue weighted by Gasteiger charge is -2.31. The molecule has 0 radical (unpaired) electrons. The van der Waals surface area contributed by atoms with E-state index >= 15 is 0 Å². The molecule has 1 saturated heterocycles. The summed E-state index contributed by atoms with van der Waals surface area (Å²) in [4.78, 5) is 6.83. The van der Waals surface area contributed by atoms with Crippen LogP contribution in [-0.2, 0) is 18.3 Å². The number of piperidine rings is 1. The molecule has 3 rings (SSSR count). The summed E-state index contributed by atoms with van der Waals surface area (Å²) in [6.45, 7) is 3.07. The number of rotatable bonds is 4. The van der Waals surface area contributed by atoms with Crippen molar-refractivity contribution in [2.75, 3.05) is 20.2 Å². The predicted octanol–water partition coefficient (Wildman–Crippen LogP) is 2.09. The molecule has 0 saturated carbocycles. The Morgan fingerprint density at radius 2 is 2.19 bits per heavy atom. The van der Waals surface area contributed by atoms with E-state index in [1.165, 1.54) is 18.4 Å². The van der Waals surface area contributed by atoms with E-state index in [0.29, 0.717) is 6.10 Å². The van der Waals surface area contributed by atoms with Gasteiger partial charge in [0.15, 0.2) is 0 Å². The van der Waals surface area contributed by atoms with Gasteiger partial charge in [0.05, 0.1) is 12.3 Å². The van der Waals surface area contributed by atoms with Crippen molar-refractivity contribution in [2.45, 2.75) is 25.5 Å². The number of aromatic nitrogens is 3. The fraction of sp³-hybridized carbons (Fsp3) is 0.500. The minimum atomic E-state index is 0.369. The van der Waals surface area contributed by atoms with Crippen LogP contribution in [0.4, 0.5) is 0 Å². The standard InChI is InChI=1S/C16H22N4O/c1-19-11-15(9-18-19)14-6-13(7-17-8-14)10-20-5-3-4-16(12-20)21-2/h6-9,11,16H,3-5,10,12H2,1-2H3. The number of ether oxygens (including phenoxy) is 1. The van der Waals surface area contributed by atoms with E-state index in [9.17, 15) is 0 Å². The number of pyridine rings is 1. The van der Waals surface area contributed by atoms with Gasteiger partial charge in [0.25, 0.3) is 0 Å². The topological polar surface area (TPSA) is 43.2 Å². The monoisotopic (exact) mass is 286 g/mol. The van der Waals surface area contributed by atoms with E-state index in [0.717, 1.165) is 30.8 Å². The summed E-state index contributed by atoms with van der Waals surface area (Å²) in [7, 11) is 3.73. The summed E-state index contributed by atoms with van der Waals surface area (Å²) in [6, 6.07) is 2.21. The van der Waals surface area contributed by atoms with E-state index < -0.39 is 0 Å². The Bertz CT molecular complexity index is 595.